The molecule has 1 saturated heterocycles. The molecule has 1 aliphatic carbocycles. The number of hydrogen-bond acceptors (Lipinski definition) is 6. The predicted octanol–water partition coefficient (Wildman–Crippen LogP) is 4.26. The van der Waals surface area contributed by atoms with Crippen LogP contribution in [0.3, 0.4) is 0 Å². The zero-order valence-electron chi connectivity index (χ0n) is 17.7. The first-order valence-electron chi connectivity index (χ1n) is 11.3. The van der Waals surface area contributed by atoms with E-state index in [4.69, 9.17) is 25.8 Å². The number of aromatic nitrogens is 4. The molecule has 8 heteroatoms. The highest BCUT2D eigenvalue weighted by atomic mass is 35.5. The summed E-state index contributed by atoms with van der Waals surface area (Å²) in [5.41, 5.74) is 2.18. The molecule has 2 aromatic heterocycles. The van der Waals surface area contributed by atoms with E-state index in [-0.39, 0.29) is 6.10 Å². The van der Waals surface area contributed by atoms with Gasteiger partial charge in [0.05, 0.1) is 25.3 Å². The first kappa shape index (κ1) is 20.1. The van der Waals surface area contributed by atoms with Gasteiger partial charge in [0.25, 0.3) is 0 Å². The fraction of sp³-hybridized carbons (Fsp3) is 0.458. The van der Waals surface area contributed by atoms with Crippen molar-refractivity contribution < 1.29 is 14.2 Å². The van der Waals surface area contributed by atoms with E-state index >= 15 is 0 Å². The second kappa shape index (κ2) is 8.14. The van der Waals surface area contributed by atoms with Gasteiger partial charge in [0, 0.05) is 29.6 Å². The van der Waals surface area contributed by atoms with Crippen molar-refractivity contribution in [3.05, 3.63) is 64.8 Å². The molecule has 166 valence electrons. The van der Waals surface area contributed by atoms with Gasteiger partial charge >= 0.3 is 0 Å². The molecule has 3 aromatic rings. The van der Waals surface area contributed by atoms with Crippen LogP contribution < -0.4 is 4.74 Å². The van der Waals surface area contributed by atoms with E-state index in [0.29, 0.717) is 42.9 Å². The Labute approximate surface area is 191 Å². The Hall–Kier alpha value is -2.48. The highest BCUT2D eigenvalue weighted by Gasteiger charge is 2.42. The number of ether oxygens (including phenoxy) is 3. The molecule has 7 nitrogen and oxygen atoms in total. The second-order valence-corrected chi connectivity index (χ2v) is 9.24. The molecule has 4 heterocycles. The molecule has 0 amide bonds. The summed E-state index contributed by atoms with van der Waals surface area (Å²) in [4.78, 5) is 4.29. The van der Waals surface area contributed by atoms with Crippen molar-refractivity contribution in [2.75, 3.05) is 13.2 Å². The van der Waals surface area contributed by atoms with Crippen molar-refractivity contribution in [3.8, 4) is 11.6 Å². The highest BCUT2D eigenvalue weighted by molar-refractivity contribution is 6.30. The van der Waals surface area contributed by atoms with Gasteiger partial charge in [0.15, 0.2) is 5.79 Å². The lowest BCUT2D eigenvalue weighted by Gasteiger charge is -2.28. The molecule has 6 rings (SSSR count). The molecule has 3 aliphatic rings. The molecule has 1 saturated carbocycles. The Morgan fingerprint density at radius 2 is 1.84 bits per heavy atom. The van der Waals surface area contributed by atoms with Crippen molar-refractivity contribution in [1.82, 2.24) is 19.7 Å². The van der Waals surface area contributed by atoms with Gasteiger partial charge in [-0.15, -0.1) is 10.2 Å². The number of benzene rings is 1. The van der Waals surface area contributed by atoms with Crippen LogP contribution in [0.1, 0.15) is 48.8 Å². The van der Waals surface area contributed by atoms with E-state index in [1.54, 1.807) is 6.20 Å². The molecule has 1 aromatic carbocycles. The van der Waals surface area contributed by atoms with Gasteiger partial charge < -0.3 is 14.2 Å². The van der Waals surface area contributed by atoms with Crippen LogP contribution in [0.2, 0.25) is 5.02 Å². The Morgan fingerprint density at radius 1 is 1.00 bits per heavy atom. The average Bonchev–Trinajstić information content (AvgIpc) is 3.40. The van der Waals surface area contributed by atoms with Crippen LogP contribution in [0.4, 0.5) is 0 Å². The lowest BCUT2D eigenvalue weighted by molar-refractivity contribution is -0.155. The van der Waals surface area contributed by atoms with Gasteiger partial charge in [-0.2, -0.15) is 0 Å². The Kier molecular flexibility index (Phi) is 5.12. The third-order valence-corrected chi connectivity index (χ3v) is 6.94. The molecule has 0 unspecified atom stereocenters. The molecule has 0 N–H and O–H groups in total. The standard InChI is InChI=1S/C24H25ClN4O3/c25-18-6-9-20-17(13-18)14-24(30-11-12-31-24)15-21-27-28-23(29(20)21)16-4-7-19(8-5-16)32-22-3-1-2-10-26-22/h1-3,6,9-10,13,16,19H,4-5,7-8,11-12,14-15H2. The minimum atomic E-state index is -0.688. The third kappa shape index (κ3) is 3.68. The van der Waals surface area contributed by atoms with Crippen molar-refractivity contribution in [2.45, 2.75) is 56.3 Å². The van der Waals surface area contributed by atoms with Crippen LogP contribution in [0.25, 0.3) is 5.69 Å². The first-order chi connectivity index (χ1) is 15.7. The van der Waals surface area contributed by atoms with E-state index in [0.717, 1.165) is 48.6 Å². The van der Waals surface area contributed by atoms with Gasteiger partial charge in [0.2, 0.25) is 5.88 Å². The summed E-state index contributed by atoms with van der Waals surface area (Å²) in [6.45, 7) is 1.19. The van der Waals surface area contributed by atoms with Crippen LogP contribution in [-0.4, -0.2) is 44.9 Å². The molecule has 0 radical (unpaired) electrons. The Balaban J connectivity index is 1.28. The number of fused-ring (bicyclic) bond motifs is 3. The number of pyridine rings is 1. The summed E-state index contributed by atoms with van der Waals surface area (Å²) < 4.78 is 20.4. The van der Waals surface area contributed by atoms with Gasteiger partial charge in [-0.25, -0.2) is 4.98 Å². The van der Waals surface area contributed by atoms with Crippen LogP contribution in [0.15, 0.2) is 42.6 Å². The molecule has 1 spiro atoms. The van der Waals surface area contributed by atoms with E-state index in [9.17, 15) is 0 Å². The smallest absolute Gasteiger partial charge is 0.213 e. The van der Waals surface area contributed by atoms with E-state index < -0.39 is 5.79 Å². The normalized spacial score (nSPS) is 24.0. The summed E-state index contributed by atoms with van der Waals surface area (Å²) in [5.74, 6) is 2.22. The highest BCUT2D eigenvalue weighted by Crippen LogP contribution is 2.40. The van der Waals surface area contributed by atoms with E-state index in [1.165, 1.54) is 0 Å². The van der Waals surface area contributed by atoms with E-state index in [1.807, 2.05) is 30.3 Å². The molecule has 32 heavy (non-hydrogen) atoms. The fourth-order valence-electron chi connectivity index (χ4n) is 5.21. The zero-order valence-corrected chi connectivity index (χ0v) is 18.5. The van der Waals surface area contributed by atoms with E-state index in [2.05, 4.69) is 25.8 Å². The fourth-order valence-corrected chi connectivity index (χ4v) is 5.40. The van der Waals surface area contributed by atoms with Gasteiger partial charge in [0.1, 0.15) is 17.8 Å². The van der Waals surface area contributed by atoms with Crippen LogP contribution in [-0.2, 0) is 22.3 Å². The quantitative estimate of drug-likeness (QED) is 0.591. The number of halogens is 1. The lowest BCUT2D eigenvalue weighted by atomic mass is 9.86. The molecular weight excluding hydrogens is 428 g/mol. The summed E-state index contributed by atoms with van der Waals surface area (Å²) in [6.07, 6.45) is 7.09. The number of nitrogens with zero attached hydrogens (tertiary/aromatic N) is 4. The topological polar surface area (TPSA) is 71.3 Å². The van der Waals surface area contributed by atoms with Gasteiger partial charge in [-0.1, -0.05) is 17.7 Å². The SMILES string of the molecule is Clc1ccc2c(c1)CC1(Cc3nnc(C4CCC(Oc5ccccn5)CC4)n3-2)OCCO1. The largest absolute Gasteiger partial charge is 0.474 e. The maximum Gasteiger partial charge on any atom is 0.213 e. The average molecular weight is 453 g/mol. The van der Waals surface area contributed by atoms with Crippen LogP contribution in [0.5, 0.6) is 5.88 Å². The molecule has 2 fully saturated rings. The number of rotatable bonds is 3. The van der Waals surface area contributed by atoms with Crippen molar-refractivity contribution in [2.24, 2.45) is 0 Å². The van der Waals surface area contributed by atoms with Crippen LogP contribution >= 0.6 is 11.6 Å². The summed E-state index contributed by atoms with van der Waals surface area (Å²) >= 11 is 6.36. The second-order valence-electron chi connectivity index (χ2n) is 8.80. The van der Waals surface area contributed by atoms with Crippen molar-refractivity contribution >= 4 is 11.6 Å². The molecular formula is C24H25ClN4O3. The predicted molar refractivity (Wildman–Crippen MR) is 118 cm³/mol. The minimum absolute atomic E-state index is 0.183. The Bertz CT molecular complexity index is 1110. The monoisotopic (exact) mass is 452 g/mol. The summed E-state index contributed by atoms with van der Waals surface area (Å²) in [6, 6.07) is 11.8. The molecule has 2 aliphatic heterocycles. The van der Waals surface area contributed by atoms with Gasteiger partial charge in [-0.3, -0.25) is 4.57 Å². The van der Waals surface area contributed by atoms with Crippen molar-refractivity contribution in [1.29, 1.82) is 0 Å². The molecule has 0 atom stereocenters. The third-order valence-electron chi connectivity index (χ3n) is 6.70. The minimum Gasteiger partial charge on any atom is -0.474 e. The summed E-state index contributed by atoms with van der Waals surface area (Å²) in [7, 11) is 0. The maximum absolute atomic E-state index is 6.36. The zero-order chi connectivity index (χ0) is 21.5. The van der Waals surface area contributed by atoms with Gasteiger partial charge in [-0.05, 0) is 55.5 Å². The molecule has 0 bridgehead atoms. The van der Waals surface area contributed by atoms with Crippen molar-refractivity contribution in [3.63, 3.8) is 0 Å². The number of hydrogen-bond donors (Lipinski definition) is 0. The van der Waals surface area contributed by atoms with Crippen LogP contribution in [0, 0.1) is 0 Å². The summed E-state index contributed by atoms with van der Waals surface area (Å²) in [5, 5.41) is 9.97. The first-order valence-corrected chi connectivity index (χ1v) is 11.7. The maximum atomic E-state index is 6.36. The lowest BCUT2D eigenvalue weighted by Crippen LogP contribution is -2.35. The Morgan fingerprint density at radius 3 is 2.62 bits per heavy atom.